The van der Waals surface area contributed by atoms with Gasteiger partial charge in [0.25, 0.3) is 0 Å². The molecule has 112 valence electrons. The number of nitrogens with one attached hydrogen (secondary N) is 1. The van der Waals surface area contributed by atoms with E-state index in [-0.39, 0.29) is 0 Å². The Labute approximate surface area is 124 Å². The van der Waals surface area contributed by atoms with Gasteiger partial charge in [-0.25, -0.2) is 4.99 Å². The maximum Gasteiger partial charge on any atom is 0.223 e. The molecule has 1 atom stereocenters. The second kappa shape index (κ2) is 7.52. The predicted molar refractivity (Wildman–Crippen MR) is 82.0 cm³/mol. The van der Waals surface area contributed by atoms with Crippen molar-refractivity contribution in [1.82, 2.24) is 20.4 Å². The number of guanidine groups is 1. The third kappa shape index (κ3) is 4.13. The van der Waals surface area contributed by atoms with E-state index >= 15 is 0 Å². The summed E-state index contributed by atoms with van der Waals surface area (Å²) in [5.41, 5.74) is 0. The molecule has 0 radical (unpaired) electrons. The van der Waals surface area contributed by atoms with Crippen molar-refractivity contribution in [3.05, 3.63) is 11.7 Å². The minimum Gasteiger partial charge on any atom is -0.357 e. The molecule has 0 aromatic carbocycles. The number of thioether (sulfide) groups is 1. The third-order valence-electron chi connectivity index (χ3n) is 3.17. The second-order valence-electron chi connectivity index (χ2n) is 4.75. The molecule has 6 nitrogen and oxygen atoms in total. The molecule has 0 aliphatic carbocycles. The van der Waals surface area contributed by atoms with Crippen LogP contribution in [0, 0.1) is 6.92 Å². The molecule has 2 rings (SSSR count). The van der Waals surface area contributed by atoms with Gasteiger partial charge in [-0.3, -0.25) is 0 Å². The van der Waals surface area contributed by atoms with Crippen molar-refractivity contribution >= 4 is 17.7 Å². The largest absolute Gasteiger partial charge is 0.357 e. The Morgan fingerprint density at radius 3 is 3.05 bits per heavy atom. The van der Waals surface area contributed by atoms with Gasteiger partial charge >= 0.3 is 0 Å². The highest BCUT2D eigenvalue weighted by Gasteiger charge is 2.21. The third-order valence-corrected chi connectivity index (χ3v) is 4.54. The van der Waals surface area contributed by atoms with Crippen LogP contribution in [-0.2, 0) is 6.54 Å². The Kier molecular flexibility index (Phi) is 5.70. The monoisotopic (exact) mass is 297 g/mol. The van der Waals surface area contributed by atoms with Crippen molar-refractivity contribution < 1.29 is 4.52 Å². The van der Waals surface area contributed by atoms with E-state index in [0.717, 1.165) is 31.3 Å². The zero-order valence-electron chi connectivity index (χ0n) is 12.4. The molecule has 1 aliphatic rings. The Morgan fingerprint density at radius 1 is 1.55 bits per heavy atom. The average molecular weight is 297 g/mol. The second-order valence-corrected chi connectivity index (χ2v) is 6.16. The van der Waals surface area contributed by atoms with E-state index in [9.17, 15) is 0 Å². The summed E-state index contributed by atoms with van der Waals surface area (Å²) in [5, 5.41) is 7.93. The first-order valence-electron chi connectivity index (χ1n) is 7.17. The lowest BCUT2D eigenvalue weighted by Gasteiger charge is -2.34. The summed E-state index contributed by atoms with van der Waals surface area (Å²) in [7, 11) is 0. The van der Waals surface area contributed by atoms with Crippen LogP contribution in [0.1, 0.15) is 32.0 Å². The maximum absolute atomic E-state index is 4.97. The highest BCUT2D eigenvalue weighted by Crippen LogP contribution is 2.21. The smallest absolute Gasteiger partial charge is 0.223 e. The highest BCUT2D eigenvalue weighted by atomic mass is 32.2. The molecule has 1 aromatic heterocycles. The van der Waals surface area contributed by atoms with Crippen LogP contribution in [0.5, 0.6) is 0 Å². The van der Waals surface area contributed by atoms with Crippen molar-refractivity contribution in [2.24, 2.45) is 4.99 Å². The number of rotatable bonds is 4. The maximum atomic E-state index is 4.97. The van der Waals surface area contributed by atoms with Crippen LogP contribution in [0.4, 0.5) is 0 Å². The molecular weight excluding hydrogens is 274 g/mol. The standard InChI is InChI=1S/C13H23N5OS/c1-4-11-9-18(6-7-20-11)13(14-5-2)15-8-12-16-10(3)19-17-12/h11H,4-9H2,1-3H3,(H,14,15). The van der Waals surface area contributed by atoms with Gasteiger partial charge in [0.05, 0.1) is 0 Å². The molecule has 1 unspecified atom stereocenters. The quantitative estimate of drug-likeness (QED) is 0.673. The SMILES string of the molecule is CCNC(=NCc1noc(C)n1)N1CCSC(CC)C1. The summed E-state index contributed by atoms with van der Waals surface area (Å²) in [4.78, 5) is 11.1. The number of aliphatic imine (C=N–C) groups is 1. The van der Waals surface area contributed by atoms with Crippen LogP contribution in [0.3, 0.4) is 0 Å². The first kappa shape index (κ1) is 15.2. The molecule has 1 fully saturated rings. The molecule has 20 heavy (non-hydrogen) atoms. The lowest BCUT2D eigenvalue weighted by molar-refractivity contribution is 0.386. The summed E-state index contributed by atoms with van der Waals surface area (Å²) in [6.07, 6.45) is 1.20. The van der Waals surface area contributed by atoms with Gasteiger partial charge in [-0.05, 0) is 13.3 Å². The van der Waals surface area contributed by atoms with Crippen LogP contribution in [0.15, 0.2) is 9.52 Å². The molecule has 0 saturated carbocycles. The van der Waals surface area contributed by atoms with Gasteiger partial charge in [-0.2, -0.15) is 16.7 Å². The number of aromatic nitrogens is 2. The first-order chi connectivity index (χ1) is 9.72. The normalized spacial score (nSPS) is 20.2. The summed E-state index contributed by atoms with van der Waals surface area (Å²) in [6, 6.07) is 0. The fourth-order valence-electron chi connectivity index (χ4n) is 2.14. The lowest BCUT2D eigenvalue weighted by Crippen LogP contribution is -2.48. The van der Waals surface area contributed by atoms with Crippen LogP contribution >= 0.6 is 11.8 Å². The minimum atomic E-state index is 0.458. The molecule has 1 aromatic rings. The summed E-state index contributed by atoms with van der Waals surface area (Å²) in [5.74, 6) is 3.33. The Morgan fingerprint density at radius 2 is 2.40 bits per heavy atom. The lowest BCUT2D eigenvalue weighted by atomic mass is 10.3. The summed E-state index contributed by atoms with van der Waals surface area (Å²) in [6.45, 7) is 9.54. The highest BCUT2D eigenvalue weighted by molar-refractivity contribution is 8.00. The van der Waals surface area contributed by atoms with Crippen LogP contribution in [0.2, 0.25) is 0 Å². The van der Waals surface area contributed by atoms with E-state index in [2.05, 4.69) is 51.0 Å². The molecule has 7 heteroatoms. The number of hydrogen-bond donors (Lipinski definition) is 1. The van der Waals surface area contributed by atoms with Crippen LogP contribution in [0.25, 0.3) is 0 Å². The fraction of sp³-hybridized carbons (Fsp3) is 0.769. The molecule has 0 spiro atoms. The van der Waals surface area contributed by atoms with Crippen molar-refractivity contribution in [2.45, 2.75) is 39.0 Å². The molecular formula is C13H23N5OS. The van der Waals surface area contributed by atoms with Crippen LogP contribution < -0.4 is 5.32 Å². The van der Waals surface area contributed by atoms with Gasteiger partial charge < -0.3 is 14.7 Å². The fourth-order valence-corrected chi connectivity index (χ4v) is 3.32. The number of aryl methyl sites for hydroxylation is 1. The Balaban J connectivity index is 2.01. The zero-order valence-corrected chi connectivity index (χ0v) is 13.2. The van der Waals surface area contributed by atoms with E-state index in [1.807, 2.05) is 0 Å². The topological polar surface area (TPSA) is 66.5 Å². The van der Waals surface area contributed by atoms with Gasteiger partial charge in [0.1, 0.15) is 6.54 Å². The van der Waals surface area contributed by atoms with E-state index < -0.39 is 0 Å². The van der Waals surface area contributed by atoms with Crippen LogP contribution in [-0.4, -0.2) is 51.6 Å². The summed E-state index contributed by atoms with van der Waals surface area (Å²) < 4.78 is 4.97. The molecule has 1 N–H and O–H groups in total. The Bertz CT molecular complexity index is 448. The van der Waals surface area contributed by atoms with E-state index in [4.69, 9.17) is 4.52 Å². The van der Waals surface area contributed by atoms with Gasteiger partial charge in [0.15, 0.2) is 11.8 Å². The van der Waals surface area contributed by atoms with E-state index in [0.29, 0.717) is 23.5 Å². The van der Waals surface area contributed by atoms with Gasteiger partial charge in [-0.1, -0.05) is 12.1 Å². The van der Waals surface area contributed by atoms with Crippen molar-refractivity contribution in [3.63, 3.8) is 0 Å². The predicted octanol–water partition coefficient (Wildman–Crippen LogP) is 1.67. The van der Waals surface area contributed by atoms with Crippen molar-refractivity contribution in [1.29, 1.82) is 0 Å². The van der Waals surface area contributed by atoms with E-state index in [1.54, 1.807) is 6.92 Å². The molecule has 1 saturated heterocycles. The molecule has 0 amide bonds. The summed E-state index contributed by atoms with van der Waals surface area (Å²) >= 11 is 2.06. The first-order valence-corrected chi connectivity index (χ1v) is 8.21. The van der Waals surface area contributed by atoms with E-state index in [1.165, 1.54) is 6.42 Å². The minimum absolute atomic E-state index is 0.458. The molecule has 1 aliphatic heterocycles. The van der Waals surface area contributed by atoms with Gasteiger partial charge in [0.2, 0.25) is 5.89 Å². The van der Waals surface area contributed by atoms with Crippen molar-refractivity contribution in [3.8, 4) is 0 Å². The van der Waals surface area contributed by atoms with Crippen molar-refractivity contribution in [2.75, 3.05) is 25.4 Å². The van der Waals surface area contributed by atoms with Gasteiger partial charge in [0, 0.05) is 37.6 Å². The van der Waals surface area contributed by atoms with Gasteiger partial charge in [-0.15, -0.1) is 0 Å². The molecule has 2 heterocycles. The average Bonchev–Trinajstić information content (AvgIpc) is 2.89. The zero-order chi connectivity index (χ0) is 14.4. The Hall–Kier alpha value is -1.24. The number of nitrogens with zero attached hydrogens (tertiary/aromatic N) is 4. The number of hydrogen-bond acceptors (Lipinski definition) is 5. The molecule has 0 bridgehead atoms.